The van der Waals surface area contributed by atoms with Gasteiger partial charge in [-0.25, -0.2) is 0 Å². The summed E-state index contributed by atoms with van der Waals surface area (Å²) >= 11 is 5.29. The Morgan fingerprint density at radius 2 is 1.87 bits per heavy atom. The summed E-state index contributed by atoms with van der Waals surface area (Å²) in [6, 6.07) is 0.350. The highest BCUT2D eigenvalue weighted by Crippen LogP contribution is 2.17. The van der Waals surface area contributed by atoms with Crippen molar-refractivity contribution in [2.24, 2.45) is 0 Å². The van der Waals surface area contributed by atoms with Gasteiger partial charge in [-0.1, -0.05) is 30.9 Å². The van der Waals surface area contributed by atoms with Crippen LogP contribution in [-0.2, 0) is 4.84 Å². The Bertz CT molecular complexity index is 259. The largest absolute Gasteiger partial charge is 0.389 e. The highest BCUT2D eigenvalue weighted by molar-refractivity contribution is 6.67. The maximum absolute atomic E-state index is 7.37. The minimum atomic E-state index is -0.110. The quantitative estimate of drug-likeness (QED) is 0.394. The topological polar surface area (TPSA) is 69.0 Å². The van der Waals surface area contributed by atoms with Gasteiger partial charge in [0.2, 0.25) is 5.90 Å². The van der Waals surface area contributed by atoms with Crippen molar-refractivity contribution >= 4 is 22.7 Å². The second-order valence-corrected chi connectivity index (χ2v) is 4.01. The molecule has 0 radical (unpaired) electrons. The molecule has 0 aromatic carbocycles. The van der Waals surface area contributed by atoms with Crippen LogP contribution in [0.2, 0.25) is 0 Å². The third-order valence-corrected chi connectivity index (χ3v) is 2.45. The first-order valence-corrected chi connectivity index (χ1v) is 5.49. The Labute approximate surface area is 94.6 Å². The monoisotopic (exact) mass is 229 g/mol. The van der Waals surface area contributed by atoms with E-state index in [1.807, 2.05) is 0 Å². The molecule has 0 bridgehead atoms. The zero-order chi connectivity index (χ0) is 11.1. The molecule has 5 heteroatoms. The van der Waals surface area contributed by atoms with Crippen molar-refractivity contribution in [1.82, 2.24) is 5.48 Å². The van der Waals surface area contributed by atoms with Crippen LogP contribution in [-0.4, -0.2) is 17.1 Å². The van der Waals surface area contributed by atoms with Crippen LogP contribution in [0.1, 0.15) is 32.1 Å². The molecule has 15 heavy (non-hydrogen) atoms. The predicted molar refractivity (Wildman–Crippen MR) is 61.5 cm³/mol. The fourth-order valence-corrected chi connectivity index (χ4v) is 1.61. The van der Waals surface area contributed by atoms with Crippen LogP contribution in [0.15, 0.2) is 12.2 Å². The zero-order valence-electron chi connectivity index (χ0n) is 8.55. The summed E-state index contributed by atoms with van der Waals surface area (Å²) in [5, 5.41) is 14.2. The Morgan fingerprint density at radius 1 is 1.20 bits per heavy atom. The molecule has 4 nitrogen and oxygen atoms in total. The SMILES string of the molecule is N=C(Cl)/C=C\C(=N)ONC1CCCCC1. The van der Waals surface area contributed by atoms with Crippen molar-refractivity contribution < 1.29 is 4.84 Å². The van der Waals surface area contributed by atoms with Gasteiger partial charge in [0, 0.05) is 12.1 Å². The van der Waals surface area contributed by atoms with Crippen molar-refractivity contribution in [2.45, 2.75) is 38.1 Å². The fourth-order valence-electron chi connectivity index (χ4n) is 1.55. The molecule has 1 aliphatic carbocycles. The van der Waals surface area contributed by atoms with Crippen molar-refractivity contribution in [3.05, 3.63) is 12.2 Å². The maximum Gasteiger partial charge on any atom is 0.230 e. The van der Waals surface area contributed by atoms with Crippen molar-refractivity contribution in [2.75, 3.05) is 0 Å². The summed E-state index contributed by atoms with van der Waals surface area (Å²) in [4.78, 5) is 5.02. The van der Waals surface area contributed by atoms with Gasteiger partial charge in [0.05, 0.1) is 0 Å². The first-order chi connectivity index (χ1) is 7.18. The molecular weight excluding hydrogens is 214 g/mol. The van der Waals surface area contributed by atoms with E-state index in [1.165, 1.54) is 31.4 Å². The van der Waals surface area contributed by atoms with E-state index in [2.05, 4.69) is 5.48 Å². The molecule has 0 aromatic rings. The van der Waals surface area contributed by atoms with Gasteiger partial charge in [0.15, 0.2) is 0 Å². The number of halogens is 1. The number of rotatable bonds is 4. The normalized spacial score (nSPS) is 17.9. The molecule has 0 spiro atoms. The molecule has 0 amide bonds. The lowest BCUT2D eigenvalue weighted by Crippen LogP contribution is -2.32. The first-order valence-electron chi connectivity index (χ1n) is 5.11. The van der Waals surface area contributed by atoms with Crippen LogP contribution in [0.5, 0.6) is 0 Å². The van der Waals surface area contributed by atoms with Crippen LogP contribution in [0.4, 0.5) is 0 Å². The lowest BCUT2D eigenvalue weighted by molar-refractivity contribution is 0.121. The molecule has 0 saturated heterocycles. The molecule has 3 N–H and O–H groups in total. The Morgan fingerprint density at radius 3 is 2.47 bits per heavy atom. The van der Waals surface area contributed by atoms with Crippen LogP contribution in [0.25, 0.3) is 0 Å². The molecule has 1 aliphatic rings. The Balaban J connectivity index is 2.18. The van der Waals surface area contributed by atoms with E-state index in [-0.39, 0.29) is 11.1 Å². The average Bonchev–Trinajstić information content (AvgIpc) is 2.25. The van der Waals surface area contributed by atoms with Crippen LogP contribution < -0.4 is 5.48 Å². The summed E-state index contributed by atoms with van der Waals surface area (Å²) in [6.45, 7) is 0. The Hall–Kier alpha value is -0.870. The van der Waals surface area contributed by atoms with E-state index in [0.29, 0.717) is 6.04 Å². The molecule has 1 fully saturated rings. The smallest absolute Gasteiger partial charge is 0.230 e. The van der Waals surface area contributed by atoms with Crippen LogP contribution >= 0.6 is 11.6 Å². The van der Waals surface area contributed by atoms with Gasteiger partial charge in [0.25, 0.3) is 0 Å². The molecule has 0 heterocycles. The number of nitrogens with one attached hydrogen (secondary N) is 3. The molecule has 0 atom stereocenters. The van der Waals surface area contributed by atoms with E-state index in [9.17, 15) is 0 Å². The van der Waals surface area contributed by atoms with E-state index in [4.69, 9.17) is 27.3 Å². The molecule has 0 aromatic heterocycles. The van der Waals surface area contributed by atoms with Gasteiger partial charge in [-0.2, -0.15) is 5.48 Å². The third kappa shape index (κ3) is 5.54. The fraction of sp³-hybridized carbons (Fsp3) is 0.600. The summed E-state index contributed by atoms with van der Waals surface area (Å²) < 4.78 is 0. The molecular formula is C10H16ClN3O. The highest BCUT2D eigenvalue weighted by atomic mass is 35.5. The minimum absolute atomic E-state index is 0.0222. The van der Waals surface area contributed by atoms with Crippen molar-refractivity contribution in [3.8, 4) is 0 Å². The van der Waals surface area contributed by atoms with Gasteiger partial charge in [-0.3, -0.25) is 10.8 Å². The summed E-state index contributed by atoms with van der Waals surface area (Å²) in [6.07, 6.45) is 8.59. The minimum Gasteiger partial charge on any atom is -0.389 e. The number of hydrogen-bond donors (Lipinski definition) is 3. The summed E-state index contributed by atoms with van der Waals surface area (Å²) in [5.41, 5.74) is 2.86. The summed E-state index contributed by atoms with van der Waals surface area (Å²) in [5.74, 6) is -0.0222. The molecule has 84 valence electrons. The van der Waals surface area contributed by atoms with Crippen molar-refractivity contribution in [1.29, 1.82) is 10.8 Å². The lowest BCUT2D eigenvalue weighted by Gasteiger charge is -2.21. The second-order valence-electron chi connectivity index (χ2n) is 3.60. The van der Waals surface area contributed by atoms with Gasteiger partial charge in [-0.05, 0) is 18.9 Å². The standard InChI is InChI=1S/C10H16ClN3O/c11-9(12)6-7-10(13)15-14-8-4-2-1-3-5-8/h6-8,12-14H,1-5H2/b7-6-,12-9?,13-10?. The molecule has 0 aliphatic heterocycles. The average molecular weight is 230 g/mol. The van der Waals surface area contributed by atoms with E-state index < -0.39 is 0 Å². The Kier molecular flexibility index (Phi) is 5.36. The van der Waals surface area contributed by atoms with Crippen LogP contribution in [0.3, 0.4) is 0 Å². The predicted octanol–water partition coefficient (Wildman–Crippen LogP) is 2.59. The van der Waals surface area contributed by atoms with E-state index in [1.54, 1.807) is 0 Å². The summed E-state index contributed by atoms with van der Waals surface area (Å²) in [7, 11) is 0. The van der Waals surface area contributed by atoms with E-state index in [0.717, 1.165) is 12.8 Å². The van der Waals surface area contributed by atoms with Gasteiger partial charge in [-0.15, -0.1) is 0 Å². The van der Waals surface area contributed by atoms with Crippen LogP contribution in [0, 0.1) is 10.8 Å². The first kappa shape index (κ1) is 12.2. The molecule has 0 unspecified atom stereocenters. The molecule has 1 rings (SSSR count). The third-order valence-electron chi connectivity index (χ3n) is 2.32. The zero-order valence-corrected chi connectivity index (χ0v) is 9.31. The molecule has 1 saturated carbocycles. The highest BCUT2D eigenvalue weighted by Gasteiger charge is 2.13. The van der Waals surface area contributed by atoms with E-state index >= 15 is 0 Å². The number of allylic oxidation sites excluding steroid dienone is 1. The lowest BCUT2D eigenvalue weighted by atomic mass is 9.96. The van der Waals surface area contributed by atoms with Gasteiger partial charge >= 0.3 is 0 Å². The second kappa shape index (κ2) is 6.58. The maximum atomic E-state index is 7.37. The van der Waals surface area contributed by atoms with Crippen molar-refractivity contribution in [3.63, 3.8) is 0 Å². The van der Waals surface area contributed by atoms with Gasteiger partial charge in [0.1, 0.15) is 5.17 Å². The number of hydroxylamine groups is 1. The van der Waals surface area contributed by atoms with Gasteiger partial charge < -0.3 is 4.84 Å². The number of hydrogen-bond acceptors (Lipinski definition) is 4.